The van der Waals surface area contributed by atoms with Crippen molar-refractivity contribution in [3.63, 3.8) is 0 Å². The summed E-state index contributed by atoms with van der Waals surface area (Å²) in [5.74, 6) is 2.12. The molecular weight excluding hydrogens is 232 g/mol. The predicted molar refractivity (Wildman–Crippen MR) is 64.9 cm³/mol. The van der Waals surface area contributed by atoms with Crippen molar-refractivity contribution in [3.05, 3.63) is 47.4 Å². The fourth-order valence-corrected chi connectivity index (χ4v) is 2.09. The molecule has 0 saturated heterocycles. The van der Waals surface area contributed by atoms with Crippen molar-refractivity contribution < 1.29 is 19.0 Å². The molecule has 0 aliphatic carbocycles. The van der Waals surface area contributed by atoms with E-state index < -0.39 is 6.10 Å². The molecular formula is C14H14O4. The van der Waals surface area contributed by atoms with E-state index in [2.05, 4.69) is 0 Å². The van der Waals surface area contributed by atoms with Gasteiger partial charge < -0.3 is 19.0 Å². The Kier molecular flexibility index (Phi) is 2.72. The first-order chi connectivity index (χ1) is 8.75. The Hall–Kier alpha value is -1.94. The van der Waals surface area contributed by atoms with Gasteiger partial charge in [0.1, 0.15) is 25.1 Å². The van der Waals surface area contributed by atoms with Gasteiger partial charge in [-0.15, -0.1) is 0 Å². The molecule has 1 aromatic carbocycles. The fraction of sp³-hybridized carbons (Fsp3) is 0.286. The molecule has 0 bridgehead atoms. The highest BCUT2D eigenvalue weighted by Gasteiger charge is 2.18. The molecule has 4 heteroatoms. The molecule has 1 aliphatic heterocycles. The van der Waals surface area contributed by atoms with Gasteiger partial charge in [0.05, 0.1) is 6.26 Å². The van der Waals surface area contributed by atoms with Crippen LogP contribution in [0.5, 0.6) is 11.5 Å². The molecule has 1 aliphatic rings. The number of hydrogen-bond donors (Lipinski definition) is 1. The minimum Gasteiger partial charge on any atom is -0.486 e. The van der Waals surface area contributed by atoms with Crippen molar-refractivity contribution in [2.45, 2.75) is 13.0 Å². The van der Waals surface area contributed by atoms with E-state index in [0.717, 1.165) is 22.6 Å². The fourth-order valence-electron chi connectivity index (χ4n) is 2.09. The van der Waals surface area contributed by atoms with Crippen LogP contribution in [0.1, 0.15) is 23.0 Å². The first kappa shape index (κ1) is 11.2. The lowest BCUT2D eigenvalue weighted by Gasteiger charge is -2.20. The lowest BCUT2D eigenvalue weighted by atomic mass is 10.0. The minimum absolute atomic E-state index is 0.539. The van der Waals surface area contributed by atoms with E-state index in [-0.39, 0.29) is 0 Å². The van der Waals surface area contributed by atoms with Crippen LogP contribution in [0.4, 0.5) is 0 Å². The van der Waals surface area contributed by atoms with E-state index in [4.69, 9.17) is 13.9 Å². The summed E-state index contributed by atoms with van der Waals surface area (Å²) in [6, 6.07) is 7.25. The van der Waals surface area contributed by atoms with Crippen LogP contribution in [-0.4, -0.2) is 18.3 Å². The molecule has 0 amide bonds. The van der Waals surface area contributed by atoms with Gasteiger partial charge in [-0.05, 0) is 30.7 Å². The van der Waals surface area contributed by atoms with Gasteiger partial charge in [-0.1, -0.05) is 6.07 Å². The molecule has 0 fully saturated rings. The molecule has 1 aromatic heterocycles. The molecule has 1 N–H and O–H groups in total. The van der Waals surface area contributed by atoms with E-state index in [1.54, 1.807) is 12.3 Å². The SMILES string of the molecule is Cc1occc1C(O)c1ccc2c(c1)OCCO2. The van der Waals surface area contributed by atoms with Gasteiger partial charge in [0.2, 0.25) is 0 Å². The zero-order valence-electron chi connectivity index (χ0n) is 10.1. The molecule has 0 spiro atoms. The van der Waals surface area contributed by atoms with Gasteiger partial charge in [-0.3, -0.25) is 0 Å². The van der Waals surface area contributed by atoms with Gasteiger partial charge in [-0.2, -0.15) is 0 Å². The van der Waals surface area contributed by atoms with Crippen molar-refractivity contribution in [1.82, 2.24) is 0 Å². The smallest absolute Gasteiger partial charge is 0.161 e. The highest BCUT2D eigenvalue weighted by molar-refractivity contribution is 5.46. The number of hydrogen-bond acceptors (Lipinski definition) is 4. The number of aliphatic hydroxyl groups excluding tert-OH is 1. The third-order valence-electron chi connectivity index (χ3n) is 3.08. The molecule has 18 heavy (non-hydrogen) atoms. The zero-order chi connectivity index (χ0) is 12.5. The predicted octanol–water partition coefficient (Wildman–Crippen LogP) is 2.44. The number of aryl methyl sites for hydroxylation is 1. The van der Waals surface area contributed by atoms with Crippen LogP contribution in [0.15, 0.2) is 34.9 Å². The van der Waals surface area contributed by atoms with E-state index in [9.17, 15) is 5.11 Å². The highest BCUT2D eigenvalue weighted by Crippen LogP contribution is 2.34. The largest absolute Gasteiger partial charge is 0.486 e. The quantitative estimate of drug-likeness (QED) is 0.884. The van der Waals surface area contributed by atoms with Crippen LogP contribution < -0.4 is 9.47 Å². The first-order valence-electron chi connectivity index (χ1n) is 5.87. The van der Waals surface area contributed by atoms with Crippen LogP contribution in [0, 0.1) is 6.92 Å². The van der Waals surface area contributed by atoms with Gasteiger partial charge in [0.15, 0.2) is 11.5 Å². The van der Waals surface area contributed by atoms with Gasteiger partial charge in [0.25, 0.3) is 0 Å². The Morgan fingerprint density at radius 3 is 2.61 bits per heavy atom. The standard InChI is InChI=1S/C14H14O4/c1-9-11(4-5-16-9)14(15)10-2-3-12-13(8-10)18-7-6-17-12/h2-5,8,14-15H,6-7H2,1H3. The van der Waals surface area contributed by atoms with Crippen molar-refractivity contribution in [3.8, 4) is 11.5 Å². The molecule has 94 valence electrons. The molecule has 2 heterocycles. The number of fused-ring (bicyclic) bond motifs is 1. The van der Waals surface area contributed by atoms with Crippen molar-refractivity contribution in [2.24, 2.45) is 0 Å². The minimum atomic E-state index is -0.709. The maximum Gasteiger partial charge on any atom is 0.161 e. The monoisotopic (exact) mass is 246 g/mol. The molecule has 0 saturated carbocycles. The summed E-state index contributed by atoms with van der Waals surface area (Å²) in [5, 5.41) is 10.3. The zero-order valence-corrected chi connectivity index (χ0v) is 10.1. The molecule has 1 atom stereocenters. The Morgan fingerprint density at radius 1 is 1.11 bits per heavy atom. The van der Waals surface area contributed by atoms with E-state index >= 15 is 0 Å². The van der Waals surface area contributed by atoms with Gasteiger partial charge in [-0.25, -0.2) is 0 Å². The van der Waals surface area contributed by atoms with Gasteiger partial charge >= 0.3 is 0 Å². The average molecular weight is 246 g/mol. The summed E-state index contributed by atoms with van der Waals surface area (Å²) in [4.78, 5) is 0. The van der Waals surface area contributed by atoms with Crippen molar-refractivity contribution in [2.75, 3.05) is 13.2 Å². The molecule has 0 radical (unpaired) electrons. The van der Waals surface area contributed by atoms with E-state index in [0.29, 0.717) is 19.0 Å². The summed E-state index contributed by atoms with van der Waals surface area (Å²) in [6.07, 6.45) is 0.867. The second-order valence-electron chi connectivity index (χ2n) is 4.24. The topological polar surface area (TPSA) is 51.8 Å². The Morgan fingerprint density at radius 2 is 1.89 bits per heavy atom. The normalized spacial score (nSPS) is 15.4. The number of benzene rings is 1. The summed E-state index contributed by atoms with van der Waals surface area (Å²) in [7, 11) is 0. The van der Waals surface area contributed by atoms with Gasteiger partial charge in [0, 0.05) is 5.56 Å². The van der Waals surface area contributed by atoms with Crippen molar-refractivity contribution in [1.29, 1.82) is 0 Å². The summed E-state index contributed by atoms with van der Waals surface area (Å²) < 4.78 is 16.2. The second-order valence-corrected chi connectivity index (χ2v) is 4.24. The number of furan rings is 1. The Bertz CT molecular complexity index is 559. The Balaban J connectivity index is 1.95. The average Bonchev–Trinajstić information content (AvgIpc) is 2.83. The molecule has 1 unspecified atom stereocenters. The third kappa shape index (κ3) is 1.84. The van der Waals surface area contributed by atoms with Crippen LogP contribution in [0.25, 0.3) is 0 Å². The number of rotatable bonds is 2. The van der Waals surface area contributed by atoms with E-state index in [1.165, 1.54) is 0 Å². The second kappa shape index (κ2) is 4.38. The van der Waals surface area contributed by atoms with Crippen LogP contribution in [0.2, 0.25) is 0 Å². The van der Waals surface area contributed by atoms with Crippen LogP contribution >= 0.6 is 0 Å². The lowest BCUT2D eigenvalue weighted by Crippen LogP contribution is -2.15. The molecule has 2 aromatic rings. The molecule has 4 nitrogen and oxygen atoms in total. The third-order valence-corrected chi connectivity index (χ3v) is 3.08. The Labute approximate surface area is 105 Å². The maximum atomic E-state index is 10.3. The summed E-state index contributed by atoms with van der Waals surface area (Å²) in [6.45, 7) is 2.93. The van der Waals surface area contributed by atoms with Crippen LogP contribution in [-0.2, 0) is 0 Å². The lowest BCUT2D eigenvalue weighted by molar-refractivity contribution is 0.169. The highest BCUT2D eigenvalue weighted by atomic mass is 16.6. The molecule has 3 rings (SSSR count). The first-order valence-corrected chi connectivity index (χ1v) is 5.87. The summed E-state index contributed by atoms with van der Waals surface area (Å²) >= 11 is 0. The van der Waals surface area contributed by atoms with E-state index in [1.807, 2.05) is 25.1 Å². The number of ether oxygens (including phenoxy) is 2. The van der Waals surface area contributed by atoms with Crippen LogP contribution in [0.3, 0.4) is 0 Å². The maximum absolute atomic E-state index is 10.3. The summed E-state index contributed by atoms with van der Waals surface area (Å²) in [5.41, 5.74) is 1.54. The van der Waals surface area contributed by atoms with Crippen molar-refractivity contribution >= 4 is 0 Å². The number of aliphatic hydroxyl groups is 1.